The van der Waals surface area contributed by atoms with Gasteiger partial charge in [0.1, 0.15) is 4.21 Å². The molecular formula is C11H15ClN2O5S2. The van der Waals surface area contributed by atoms with Gasteiger partial charge in [-0.05, 0) is 12.8 Å². The first kappa shape index (κ1) is 16.6. The van der Waals surface area contributed by atoms with Crippen molar-refractivity contribution in [2.75, 3.05) is 6.61 Å². The molecule has 0 atom stereocenters. The first-order valence-corrected chi connectivity index (χ1v) is 9.06. The van der Waals surface area contributed by atoms with E-state index in [-0.39, 0.29) is 15.2 Å². The molecule has 0 radical (unpaired) electrons. The Balaban J connectivity index is 2.29. The van der Waals surface area contributed by atoms with Crippen LogP contribution in [0.3, 0.4) is 0 Å². The number of aliphatic hydroxyl groups excluding tert-OH is 1. The minimum absolute atomic E-state index is 0.179. The molecule has 1 aromatic rings. The topological polar surface area (TPSA) is 110 Å². The van der Waals surface area contributed by atoms with Crippen molar-refractivity contribution in [2.45, 2.75) is 41.9 Å². The van der Waals surface area contributed by atoms with Crippen molar-refractivity contribution in [3.05, 3.63) is 20.5 Å². The summed E-state index contributed by atoms with van der Waals surface area (Å²) in [4.78, 5) is 10.0. The second kappa shape index (κ2) is 6.17. The van der Waals surface area contributed by atoms with Gasteiger partial charge in [0.2, 0.25) is 0 Å². The highest BCUT2D eigenvalue weighted by Crippen LogP contribution is 2.37. The molecule has 1 heterocycles. The number of nitrogens with zero attached hydrogens (tertiary/aromatic N) is 1. The Labute approximate surface area is 131 Å². The Kier molecular flexibility index (Phi) is 4.89. The number of nitrogens with one attached hydrogen (secondary N) is 1. The Morgan fingerprint density at radius 3 is 2.52 bits per heavy atom. The summed E-state index contributed by atoms with van der Waals surface area (Å²) >= 11 is 6.33. The third-order valence-electron chi connectivity index (χ3n) is 3.57. The van der Waals surface area contributed by atoms with E-state index in [2.05, 4.69) is 4.72 Å². The van der Waals surface area contributed by atoms with Gasteiger partial charge in [-0.2, -0.15) is 0 Å². The van der Waals surface area contributed by atoms with Gasteiger partial charge in [-0.1, -0.05) is 30.9 Å². The summed E-state index contributed by atoms with van der Waals surface area (Å²) in [7, 11) is -3.95. The van der Waals surface area contributed by atoms with Crippen LogP contribution in [0, 0.1) is 10.1 Å². The van der Waals surface area contributed by atoms with Gasteiger partial charge >= 0.3 is 0 Å². The second-order valence-electron chi connectivity index (χ2n) is 5.09. The van der Waals surface area contributed by atoms with Gasteiger partial charge in [0.15, 0.2) is 4.34 Å². The van der Waals surface area contributed by atoms with Gasteiger partial charge in [-0.15, -0.1) is 11.3 Å². The van der Waals surface area contributed by atoms with Crippen LogP contribution in [0.2, 0.25) is 4.34 Å². The van der Waals surface area contributed by atoms with E-state index in [9.17, 15) is 23.6 Å². The minimum Gasteiger partial charge on any atom is -0.394 e. The summed E-state index contributed by atoms with van der Waals surface area (Å²) in [5.41, 5.74) is -1.31. The van der Waals surface area contributed by atoms with E-state index in [4.69, 9.17) is 11.6 Å². The fourth-order valence-electron chi connectivity index (χ4n) is 2.45. The smallest absolute Gasteiger partial charge is 0.300 e. The van der Waals surface area contributed by atoms with Crippen LogP contribution >= 0.6 is 22.9 Å². The number of rotatable bonds is 5. The summed E-state index contributed by atoms with van der Waals surface area (Å²) < 4.78 is 26.8. The van der Waals surface area contributed by atoms with Crippen molar-refractivity contribution in [3.8, 4) is 0 Å². The van der Waals surface area contributed by atoms with Crippen LogP contribution in [0.25, 0.3) is 0 Å². The molecule has 1 aromatic heterocycles. The predicted molar refractivity (Wildman–Crippen MR) is 79.2 cm³/mol. The van der Waals surface area contributed by atoms with Crippen LogP contribution in [0.4, 0.5) is 5.69 Å². The maximum atomic E-state index is 12.4. The van der Waals surface area contributed by atoms with Crippen molar-refractivity contribution in [1.29, 1.82) is 0 Å². The molecule has 2 N–H and O–H groups in total. The lowest BCUT2D eigenvalue weighted by molar-refractivity contribution is -0.384. The Bertz CT molecular complexity index is 637. The fourth-order valence-corrected chi connectivity index (χ4v) is 5.57. The zero-order chi connectivity index (χ0) is 15.7. The molecule has 7 nitrogen and oxygen atoms in total. The molecule has 2 rings (SSSR count). The average molecular weight is 355 g/mol. The normalized spacial score (nSPS) is 18.6. The predicted octanol–water partition coefficient (Wildman–Crippen LogP) is 2.28. The molecule has 1 saturated carbocycles. The maximum Gasteiger partial charge on any atom is 0.300 e. The molecular weight excluding hydrogens is 340 g/mol. The van der Waals surface area contributed by atoms with E-state index in [1.54, 1.807) is 0 Å². The van der Waals surface area contributed by atoms with Crippen LogP contribution in [-0.4, -0.2) is 30.6 Å². The number of hydrogen-bond donors (Lipinski definition) is 2. The molecule has 0 spiro atoms. The summed E-state index contributed by atoms with van der Waals surface area (Å²) in [5, 5.41) is 20.3. The summed E-state index contributed by atoms with van der Waals surface area (Å²) in [5.74, 6) is 0. The summed E-state index contributed by atoms with van der Waals surface area (Å²) in [6, 6.07) is 0.948. The zero-order valence-corrected chi connectivity index (χ0v) is 13.4. The average Bonchev–Trinajstić information content (AvgIpc) is 2.82. The SMILES string of the molecule is O=[N+]([O-])c1cc(S(=O)(=O)NC2(CO)CCCCC2)sc1Cl. The van der Waals surface area contributed by atoms with E-state index in [1.807, 2.05) is 0 Å². The molecule has 0 unspecified atom stereocenters. The number of aliphatic hydroxyl groups is 1. The highest BCUT2D eigenvalue weighted by Gasteiger charge is 2.37. The number of nitro groups is 1. The number of sulfonamides is 1. The standard InChI is InChI=1S/C11H15ClN2O5S2/c12-10-8(14(16)17)6-9(20-10)21(18,19)13-11(7-15)4-2-1-3-5-11/h6,13,15H,1-5,7H2. The van der Waals surface area contributed by atoms with E-state index in [1.165, 1.54) is 0 Å². The lowest BCUT2D eigenvalue weighted by atomic mass is 9.83. The van der Waals surface area contributed by atoms with E-state index in [0.717, 1.165) is 25.3 Å². The molecule has 0 bridgehead atoms. The number of halogens is 1. The van der Waals surface area contributed by atoms with Crippen molar-refractivity contribution >= 4 is 38.6 Å². The summed E-state index contributed by atoms with van der Waals surface area (Å²) in [6.07, 6.45) is 3.75. The quantitative estimate of drug-likeness (QED) is 0.622. The number of hydrogen-bond acceptors (Lipinski definition) is 6. The molecule has 0 aromatic carbocycles. The molecule has 0 aliphatic heterocycles. The minimum atomic E-state index is -3.95. The molecule has 10 heteroatoms. The van der Waals surface area contributed by atoms with Crippen LogP contribution in [0.5, 0.6) is 0 Å². The molecule has 0 saturated heterocycles. The first-order valence-electron chi connectivity index (χ1n) is 6.38. The maximum absolute atomic E-state index is 12.4. The lowest BCUT2D eigenvalue weighted by Gasteiger charge is -2.35. The Morgan fingerprint density at radius 1 is 1.43 bits per heavy atom. The monoisotopic (exact) mass is 354 g/mol. The Hall–Kier alpha value is -0.740. The number of thiophene rings is 1. The van der Waals surface area contributed by atoms with Crippen LogP contribution < -0.4 is 4.72 Å². The molecule has 1 aliphatic rings. The lowest BCUT2D eigenvalue weighted by Crippen LogP contribution is -2.52. The fraction of sp³-hybridized carbons (Fsp3) is 0.636. The van der Waals surface area contributed by atoms with Crippen molar-refractivity contribution in [3.63, 3.8) is 0 Å². The van der Waals surface area contributed by atoms with Crippen molar-refractivity contribution in [2.24, 2.45) is 0 Å². The molecule has 0 amide bonds. The van der Waals surface area contributed by atoms with Gasteiger partial charge in [0.25, 0.3) is 15.7 Å². The van der Waals surface area contributed by atoms with Gasteiger partial charge in [0, 0.05) is 6.07 Å². The van der Waals surface area contributed by atoms with Crippen LogP contribution in [-0.2, 0) is 10.0 Å². The van der Waals surface area contributed by atoms with Crippen LogP contribution in [0.15, 0.2) is 10.3 Å². The highest BCUT2D eigenvalue weighted by molar-refractivity contribution is 7.91. The second-order valence-corrected chi connectivity index (χ2v) is 8.65. The van der Waals surface area contributed by atoms with Gasteiger partial charge in [-0.3, -0.25) is 10.1 Å². The van der Waals surface area contributed by atoms with Crippen molar-refractivity contribution < 1.29 is 18.4 Å². The molecule has 1 aliphatic carbocycles. The van der Waals surface area contributed by atoms with Gasteiger partial charge in [0.05, 0.1) is 17.1 Å². The van der Waals surface area contributed by atoms with Crippen molar-refractivity contribution in [1.82, 2.24) is 4.72 Å². The largest absolute Gasteiger partial charge is 0.394 e. The van der Waals surface area contributed by atoms with E-state index >= 15 is 0 Å². The van der Waals surface area contributed by atoms with Crippen LogP contribution in [0.1, 0.15) is 32.1 Å². The highest BCUT2D eigenvalue weighted by atomic mass is 35.5. The molecule has 21 heavy (non-hydrogen) atoms. The first-order chi connectivity index (χ1) is 9.80. The zero-order valence-electron chi connectivity index (χ0n) is 11.0. The third-order valence-corrected chi connectivity index (χ3v) is 6.96. The van der Waals surface area contributed by atoms with Gasteiger partial charge in [-0.25, -0.2) is 13.1 Å². The summed E-state index contributed by atoms with van der Waals surface area (Å²) in [6.45, 7) is -0.298. The van der Waals surface area contributed by atoms with Gasteiger partial charge < -0.3 is 5.11 Å². The Morgan fingerprint density at radius 2 is 2.05 bits per heavy atom. The molecule has 118 valence electrons. The van der Waals surface area contributed by atoms with E-state index in [0.29, 0.717) is 24.2 Å². The third kappa shape index (κ3) is 3.54. The molecule has 1 fully saturated rings. The van der Waals surface area contributed by atoms with E-state index < -0.39 is 26.2 Å².